The highest BCUT2D eigenvalue weighted by Crippen LogP contribution is 2.29. The lowest BCUT2D eigenvalue weighted by Crippen LogP contribution is -2.41. The maximum Gasteiger partial charge on any atom is 0.280 e. The minimum Gasteiger partial charge on any atom is -0.457 e. The molecule has 0 saturated heterocycles. The van der Waals surface area contributed by atoms with Crippen LogP contribution in [-0.2, 0) is 23.3 Å². The van der Waals surface area contributed by atoms with E-state index in [1.54, 1.807) is 41.1 Å². The normalized spacial score (nSPS) is 18.1. The van der Waals surface area contributed by atoms with Crippen molar-refractivity contribution in [3.63, 3.8) is 0 Å². The van der Waals surface area contributed by atoms with E-state index in [9.17, 15) is 14.4 Å². The summed E-state index contributed by atoms with van der Waals surface area (Å²) in [6, 6.07) is 10.2. The average molecular weight is 486 g/mol. The van der Waals surface area contributed by atoms with Gasteiger partial charge in [0.2, 0.25) is 5.91 Å². The Labute approximate surface area is 208 Å². The van der Waals surface area contributed by atoms with Gasteiger partial charge in [-0.3, -0.25) is 19.1 Å². The van der Waals surface area contributed by atoms with Gasteiger partial charge >= 0.3 is 0 Å². The van der Waals surface area contributed by atoms with Gasteiger partial charge in [0.1, 0.15) is 22.9 Å². The molecule has 3 aromatic rings. The number of aromatic nitrogens is 3. The minimum absolute atomic E-state index is 0.208. The van der Waals surface area contributed by atoms with Crippen molar-refractivity contribution in [2.24, 2.45) is 0 Å². The number of nitrogens with one attached hydrogen (secondary N) is 2. The van der Waals surface area contributed by atoms with Crippen LogP contribution in [0.3, 0.4) is 0 Å². The van der Waals surface area contributed by atoms with Crippen LogP contribution in [-0.4, -0.2) is 26.2 Å². The van der Waals surface area contributed by atoms with Crippen LogP contribution in [0.2, 0.25) is 0 Å². The number of amides is 2. The lowest BCUT2D eigenvalue weighted by Gasteiger charge is -2.30. The molecule has 0 radical (unpaired) electrons. The van der Waals surface area contributed by atoms with Crippen LogP contribution in [0.5, 0.6) is 11.5 Å². The third-order valence-corrected chi connectivity index (χ3v) is 6.36. The monoisotopic (exact) mass is 485 g/mol. The van der Waals surface area contributed by atoms with E-state index >= 15 is 0 Å². The van der Waals surface area contributed by atoms with Gasteiger partial charge in [0.05, 0.1) is 11.2 Å². The average Bonchev–Trinajstić information content (AvgIpc) is 3.40. The summed E-state index contributed by atoms with van der Waals surface area (Å²) in [6.07, 6.45) is 11.8. The second-order valence-electron chi connectivity index (χ2n) is 9.15. The van der Waals surface area contributed by atoms with Crippen molar-refractivity contribution < 1.29 is 14.3 Å². The number of nitrogens with zero attached hydrogens (tertiary/aromatic N) is 3. The number of anilines is 2. The molecule has 2 N–H and O–H groups in total. The molecular weight excluding hydrogens is 458 g/mol. The van der Waals surface area contributed by atoms with E-state index in [2.05, 4.69) is 15.6 Å². The topological polar surface area (TPSA) is 107 Å². The van der Waals surface area contributed by atoms with Crippen LogP contribution >= 0.6 is 0 Å². The van der Waals surface area contributed by atoms with Crippen molar-refractivity contribution in [1.29, 1.82) is 0 Å². The molecule has 1 atom stereocenters. The summed E-state index contributed by atoms with van der Waals surface area (Å²) in [6.45, 7) is 4.14. The first-order valence-electron chi connectivity index (χ1n) is 11.9. The van der Waals surface area contributed by atoms with E-state index in [-0.39, 0.29) is 17.0 Å². The highest BCUT2D eigenvalue weighted by atomic mass is 16.5. The molecule has 9 nitrogen and oxygen atoms in total. The summed E-state index contributed by atoms with van der Waals surface area (Å²) in [5.41, 5.74) is 0.775. The van der Waals surface area contributed by atoms with Gasteiger partial charge in [-0.25, -0.2) is 9.67 Å². The van der Waals surface area contributed by atoms with E-state index in [0.717, 1.165) is 18.7 Å². The molecule has 5 rings (SSSR count). The maximum absolute atomic E-state index is 13.5. The largest absolute Gasteiger partial charge is 0.457 e. The Morgan fingerprint density at radius 2 is 1.89 bits per heavy atom. The number of carbonyl (C=O) groups is 2. The molecule has 1 aromatic carbocycles. The summed E-state index contributed by atoms with van der Waals surface area (Å²) in [7, 11) is 0. The Bertz CT molecular complexity index is 1450. The Balaban J connectivity index is 1.34. The number of hydrogen-bond donors (Lipinski definition) is 2. The molecule has 36 heavy (non-hydrogen) atoms. The summed E-state index contributed by atoms with van der Waals surface area (Å²) in [5.74, 6) is 0.816. The Hall–Kier alpha value is -4.40. The fraction of sp³-hybridized carbons (Fsp3) is 0.259. The van der Waals surface area contributed by atoms with Crippen LogP contribution in [0.15, 0.2) is 71.7 Å². The van der Waals surface area contributed by atoms with Gasteiger partial charge in [-0.1, -0.05) is 24.3 Å². The van der Waals surface area contributed by atoms with E-state index in [1.165, 1.54) is 13.1 Å². The van der Waals surface area contributed by atoms with Gasteiger partial charge in [0.25, 0.3) is 11.5 Å². The van der Waals surface area contributed by atoms with E-state index in [4.69, 9.17) is 4.74 Å². The molecule has 2 aromatic heterocycles. The predicted molar refractivity (Wildman–Crippen MR) is 137 cm³/mol. The third-order valence-electron chi connectivity index (χ3n) is 6.36. The van der Waals surface area contributed by atoms with Gasteiger partial charge in [0.15, 0.2) is 0 Å². The highest BCUT2D eigenvalue weighted by Gasteiger charge is 2.35. The SMILES string of the molecule is CC(=O)Nc1cc(Oc2ccc(NC(=O)c3c4n(n(C5(C)C=CC=CC5)c3=O)CCC4)cc2)ccn1. The summed E-state index contributed by atoms with van der Waals surface area (Å²) < 4.78 is 9.55. The van der Waals surface area contributed by atoms with Crippen LogP contribution in [0, 0.1) is 0 Å². The number of hydrogen-bond acceptors (Lipinski definition) is 5. The number of pyridine rings is 1. The predicted octanol–water partition coefficient (Wildman–Crippen LogP) is 4.23. The molecule has 1 unspecified atom stereocenters. The molecular formula is C27H27N5O4. The van der Waals surface area contributed by atoms with Crippen LogP contribution in [0.25, 0.3) is 0 Å². The molecule has 1 aliphatic heterocycles. The van der Waals surface area contributed by atoms with Crippen molar-refractivity contribution in [1.82, 2.24) is 14.3 Å². The van der Waals surface area contributed by atoms with Crippen molar-refractivity contribution in [3.8, 4) is 11.5 Å². The Morgan fingerprint density at radius 1 is 1.08 bits per heavy atom. The standard InChI is InChI=1S/C27H27N5O4/c1-18(33)29-23-17-21(12-15-28-23)36-20-10-8-19(9-11-20)30-25(34)24-22-7-6-16-31(22)32(26(24)35)27(2)13-4-3-5-14-27/h3-5,8-13,15,17H,6-7,14,16H2,1-2H3,(H,30,34)(H,28,29,33). The van der Waals surface area contributed by atoms with Crippen molar-refractivity contribution in [2.45, 2.75) is 45.2 Å². The molecule has 3 heterocycles. The van der Waals surface area contributed by atoms with Crippen molar-refractivity contribution in [2.75, 3.05) is 10.6 Å². The Kier molecular flexibility index (Phi) is 6.05. The Morgan fingerprint density at radius 3 is 2.61 bits per heavy atom. The van der Waals surface area contributed by atoms with Crippen LogP contribution < -0.4 is 20.9 Å². The van der Waals surface area contributed by atoms with E-state index < -0.39 is 11.4 Å². The van der Waals surface area contributed by atoms with Gasteiger partial charge in [-0.15, -0.1) is 0 Å². The molecule has 2 amide bonds. The summed E-state index contributed by atoms with van der Waals surface area (Å²) >= 11 is 0. The zero-order valence-corrected chi connectivity index (χ0v) is 20.2. The molecule has 2 aliphatic rings. The maximum atomic E-state index is 13.5. The van der Waals surface area contributed by atoms with Gasteiger partial charge in [-0.05, 0) is 56.5 Å². The third kappa shape index (κ3) is 4.47. The minimum atomic E-state index is -0.505. The second kappa shape index (κ2) is 9.33. The molecule has 0 spiro atoms. The number of rotatable bonds is 6. The van der Waals surface area contributed by atoms with E-state index in [0.29, 0.717) is 35.8 Å². The number of benzene rings is 1. The quantitative estimate of drug-likeness (QED) is 0.544. The fourth-order valence-electron chi connectivity index (χ4n) is 4.74. The first-order chi connectivity index (χ1) is 17.3. The molecule has 1 aliphatic carbocycles. The lowest BCUT2D eigenvalue weighted by molar-refractivity contribution is -0.114. The van der Waals surface area contributed by atoms with Crippen molar-refractivity contribution >= 4 is 23.3 Å². The number of carbonyl (C=O) groups excluding carboxylic acids is 2. The molecule has 0 saturated carbocycles. The second-order valence-corrected chi connectivity index (χ2v) is 9.15. The van der Waals surface area contributed by atoms with Crippen LogP contribution in [0.4, 0.5) is 11.5 Å². The van der Waals surface area contributed by atoms with Crippen molar-refractivity contribution in [3.05, 3.63) is 88.5 Å². The van der Waals surface area contributed by atoms with Gasteiger partial charge < -0.3 is 15.4 Å². The molecule has 184 valence electrons. The highest BCUT2D eigenvalue weighted by molar-refractivity contribution is 6.05. The number of allylic oxidation sites excluding steroid dienone is 4. The summed E-state index contributed by atoms with van der Waals surface area (Å²) in [4.78, 5) is 42.0. The zero-order chi connectivity index (χ0) is 25.3. The first kappa shape index (κ1) is 23.3. The zero-order valence-electron chi connectivity index (χ0n) is 20.2. The number of ether oxygens (including phenoxy) is 1. The number of fused-ring (bicyclic) bond motifs is 1. The lowest BCUT2D eigenvalue weighted by atomic mass is 9.94. The molecule has 0 fully saturated rings. The fourth-order valence-corrected chi connectivity index (χ4v) is 4.74. The van der Waals surface area contributed by atoms with E-state index in [1.807, 2.05) is 35.9 Å². The van der Waals surface area contributed by atoms with Gasteiger partial charge in [0, 0.05) is 31.4 Å². The summed E-state index contributed by atoms with van der Waals surface area (Å²) in [5, 5.41) is 5.48. The van der Waals surface area contributed by atoms with Crippen LogP contribution in [0.1, 0.15) is 42.7 Å². The molecule has 0 bridgehead atoms. The smallest absolute Gasteiger partial charge is 0.280 e. The molecule has 9 heteroatoms. The van der Waals surface area contributed by atoms with Gasteiger partial charge in [-0.2, -0.15) is 0 Å². The first-order valence-corrected chi connectivity index (χ1v) is 11.9.